The molecule has 2 heteroatoms. The first kappa shape index (κ1) is 10.4. The van der Waals surface area contributed by atoms with Crippen LogP contribution in [0.1, 0.15) is 57.8 Å². The number of aliphatic hydroxyl groups is 2. The molecule has 0 aliphatic heterocycles. The van der Waals surface area contributed by atoms with Gasteiger partial charge in [0.15, 0.2) is 6.29 Å². The zero-order valence-electron chi connectivity index (χ0n) is 8.91. The largest absolute Gasteiger partial charge is 0.368 e. The molecule has 1 spiro atoms. The van der Waals surface area contributed by atoms with Gasteiger partial charge in [0, 0.05) is 0 Å². The number of aliphatic hydroxyl groups excluding tert-OH is 1. The Morgan fingerprint density at radius 1 is 1.07 bits per heavy atom. The minimum Gasteiger partial charge on any atom is -0.368 e. The molecule has 0 aromatic carbocycles. The zero-order valence-corrected chi connectivity index (χ0v) is 8.91. The van der Waals surface area contributed by atoms with E-state index in [2.05, 4.69) is 0 Å². The lowest BCUT2D eigenvalue weighted by molar-refractivity contribution is -0.0517. The summed E-state index contributed by atoms with van der Waals surface area (Å²) in [6.45, 7) is 0. The number of rotatable bonds is 3. The second-order valence-electron chi connectivity index (χ2n) is 5.22. The van der Waals surface area contributed by atoms with Crippen LogP contribution in [0.4, 0.5) is 0 Å². The van der Waals surface area contributed by atoms with Gasteiger partial charge < -0.3 is 10.2 Å². The van der Waals surface area contributed by atoms with Gasteiger partial charge in [0.1, 0.15) is 0 Å². The van der Waals surface area contributed by atoms with E-state index in [1.807, 2.05) is 0 Å². The summed E-state index contributed by atoms with van der Waals surface area (Å²) in [6, 6.07) is 0. The van der Waals surface area contributed by atoms with E-state index in [0.717, 1.165) is 12.3 Å². The van der Waals surface area contributed by atoms with Crippen molar-refractivity contribution in [1.82, 2.24) is 0 Å². The first-order valence-corrected chi connectivity index (χ1v) is 6.09. The molecule has 82 valence electrons. The van der Waals surface area contributed by atoms with Crippen molar-refractivity contribution in [3.05, 3.63) is 0 Å². The average Bonchev–Trinajstić information content (AvgIpc) is 2.74. The highest BCUT2D eigenvalue weighted by molar-refractivity contribution is 4.94. The van der Waals surface area contributed by atoms with E-state index in [0.29, 0.717) is 11.8 Å². The van der Waals surface area contributed by atoms with Crippen molar-refractivity contribution < 1.29 is 10.2 Å². The molecule has 2 saturated carbocycles. The molecule has 2 rings (SSSR count). The van der Waals surface area contributed by atoms with E-state index in [1.54, 1.807) is 0 Å². The topological polar surface area (TPSA) is 40.5 Å². The molecule has 0 heterocycles. The second-order valence-corrected chi connectivity index (χ2v) is 5.22. The van der Waals surface area contributed by atoms with Crippen molar-refractivity contribution >= 4 is 0 Å². The molecule has 14 heavy (non-hydrogen) atoms. The fraction of sp³-hybridized carbons (Fsp3) is 1.00. The highest BCUT2D eigenvalue weighted by atomic mass is 16.5. The molecule has 0 radical (unpaired) electrons. The Morgan fingerprint density at radius 2 is 1.71 bits per heavy atom. The third kappa shape index (κ3) is 1.96. The van der Waals surface area contributed by atoms with Crippen molar-refractivity contribution in [3.8, 4) is 0 Å². The number of hydrogen-bond acceptors (Lipinski definition) is 2. The highest BCUT2D eigenvalue weighted by Gasteiger charge is 2.43. The lowest BCUT2D eigenvalue weighted by Crippen LogP contribution is -2.23. The van der Waals surface area contributed by atoms with Crippen LogP contribution in [-0.4, -0.2) is 16.5 Å². The third-order valence-electron chi connectivity index (χ3n) is 4.47. The van der Waals surface area contributed by atoms with E-state index in [9.17, 15) is 0 Å². The molecule has 1 unspecified atom stereocenters. The molecule has 1 atom stereocenters. The highest BCUT2D eigenvalue weighted by Crippen LogP contribution is 2.55. The Kier molecular flexibility index (Phi) is 3.13. The summed E-state index contributed by atoms with van der Waals surface area (Å²) in [5, 5.41) is 17.8. The van der Waals surface area contributed by atoms with Gasteiger partial charge in [0.25, 0.3) is 0 Å². The maximum absolute atomic E-state index is 8.90. The van der Waals surface area contributed by atoms with E-state index >= 15 is 0 Å². The van der Waals surface area contributed by atoms with Crippen LogP contribution in [-0.2, 0) is 0 Å². The van der Waals surface area contributed by atoms with Gasteiger partial charge in [0.2, 0.25) is 0 Å². The van der Waals surface area contributed by atoms with Crippen LogP contribution >= 0.6 is 0 Å². The van der Waals surface area contributed by atoms with Crippen molar-refractivity contribution in [3.63, 3.8) is 0 Å². The van der Waals surface area contributed by atoms with Gasteiger partial charge in [-0.2, -0.15) is 0 Å². The van der Waals surface area contributed by atoms with Gasteiger partial charge in [-0.3, -0.25) is 0 Å². The Balaban J connectivity index is 1.90. The second kappa shape index (κ2) is 4.19. The minimum absolute atomic E-state index is 0.576. The molecule has 2 aliphatic rings. The molecule has 2 fully saturated rings. The Labute approximate surface area is 86.3 Å². The quantitative estimate of drug-likeness (QED) is 0.684. The normalized spacial score (nSPS) is 30.6. The Hall–Kier alpha value is -0.0800. The fourth-order valence-electron chi connectivity index (χ4n) is 3.75. The molecule has 2 nitrogen and oxygen atoms in total. The maximum Gasteiger partial charge on any atom is 0.151 e. The van der Waals surface area contributed by atoms with Crippen LogP contribution in [0, 0.1) is 11.3 Å². The lowest BCUT2D eigenvalue weighted by atomic mass is 9.74. The van der Waals surface area contributed by atoms with Crippen LogP contribution in [0.3, 0.4) is 0 Å². The van der Waals surface area contributed by atoms with Gasteiger partial charge in [-0.05, 0) is 49.9 Å². The zero-order chi connectivity index (χ0) is 10.0. The Morgan fingerprint density at radius 3 is 2.36 bits per heavy atom. The van der Waals surface area contributed by atoms with Crippen LogP contribution < -0.4 is 0 Å². The van der Waals surface area contributed by atoms with Crippen molar-refractivity contribution in [2.75, 3.05) is 0 Å². The van der Waals surface area contributed by atoms with Crippen molar-refractivity contribution in [2.24, 2.45) is 11.3 Å². The maximum atomic E-state index is 8.90. The summed E-state index contributed by atoms with van der Waals surface area (Å²) in [5.74, 6) is 0.784. The fourth-order valence-corrected chi connectivity index (χ4v) is 3.75. The van der Waals surface area contributed by atoms with Crippen LogP contribution in [0.25, 0.3) is 0 Å². The molecular formula is C12H22O2. The van der Waals surface area contributed by atoms with Gasteiger partial charge in [0.05, 0.1) is 0 Å². The summed E-state index contributed by atoms with van der Waals surface area (Å²) in [7, 11) is 0. The molecule has 2 aliphatic carbocycles. The smallest absolute Gasteiger partial charge is 0.151 e. The summed E-state index contributed by atoms with van der Waals surface area (Å²) < 4.78 is 0. The van der Waals surface area contributed by atoms with Gasteiger partial charge in [-0.15, -0.1) is 0 Å². The molecule has 2 N–H and O–H groups in total. The summed E-state index contributed by atoms with van der Waals surface area (Å²) in [4.78, 5) is 0. The van der Waals surface area contributed by atoms with E-state index < -0.39 is 6.29 Å². The van der Waals surface area contributed by atoms with Gasteiger partial charge >= 0.3 is 0 Å². The minimum atomic E-state index is -1.09. The summed E-state index contributed by atoms with van der Waals surface area (Å²) >= 11 is 0. The monoisotopic (exact) mass is 198 g/mol. The summed E-state index contributed by atoms with van der Waals surface area (Å²) in [6.07, 6.45) is 10.2. The summed E-state index contributed by atoms with van der Waals surface area (Å²) in [5.41, 5.74) is 0.620. The number of hydrogen-bond donors (Lipinski definition) is 2. The molecular weight excluding hydrogens is 176 g/mol. The average molecular weight is 198 g/mol. The molecule has 0 saturated heterocycles. The van der Waals surface area contributed by atoms with Gasteiger partial charge in [-0.25, -0.2) is 0 Å². The van der Waals surface area contributed by atoms with Crippen molar-refractivity contribution in [2.45, 2.75) is 64.1 Å². The SMILES string of the molecule is OC(O)CCC1CCCC12CCCC2. The van der Waals surface area contributed by atoms with E-state index in [4.69, 9.17) is 10.2 Å². The first-order chi connectivity index (χ1) is 6.73. The predicted molar refractivity (Wildman–Crippen MR) is 55.7 cm³/mol. The van der Waals surface area contributed by atoms with E-state index in [1.165, 1.54) is 44.9 Å². The first-order valence-electron chi connectivity index (χ1n) is 6.09. The lowest BCUT2D eigenvalue weighted by Gasteiger charge is -2.31. The van der Waals surface area contributed by atoms with Crippen molar-refractivity contribution in [1.29, 1.82) is 0 Å². The standard InChI is InChI=1S/C12H22O2/c13-11(14)6-5-10-4-3-9-12(10)7-1-2-8-12/h10-11,13-14H,1-9H2. The molecule has 0 aromatic rings. The molecule has 0 bridgehead atoms. The van der Waals surface area contributed by atoms with Crippen LogP contribution in [0.15, 0.2) is 0 Å². The van der Waals surface area contributed by atoms with E-state index in [-0.39, 0.29) is 0 Å². The third-order valence-corrected chi connectivity index (χ3v) is 4.47. The van der Waals surface area contributed by atoms with Gasteiger partial charge in [-0.1, -0.05) is 19.3 Å². The predicted octanol–water partition coefficient (Wildman–Crippen LogP) is 2.44. The Bertz CT molecular complexity index is 177. The van der Waals surface area contributed by atoms with Crippen LogP contribution in [0.2, 0.25) is 0 Å². The molecule has 0 aromatic heterocycles. The van der Waals surface area contributed by atoms with Crippen LogP contribution in [0.5, 0.6) is 0 Å². The molecule has 0 amide bonds.